The van der Waals surface area contributed by atoms with Gasteiger partial charge in [0.15, 0.2) is 0 Å². The second kappa shape index (κ2) is 8.22. The van der Waals surface area contributed by atoms with Gasteiger partial charge in [-0.15, -0.1) is 0 Å². The van der Waals surface area contributed by atoms with E-state index in [1.165, 1.54) is 0 Å². The summed E-state index contributed by atoms with van der Waals surface area (Å²) in [5.41, 5.74) is 2.39. The van der Waals surface area contributed by atoms with Crippen molar-refractivity contribution < 1.29 is 14.3 Å². The predicted octanol–water partition coefficient (Wildman–Crippen LogP) is 3.03. The van der Waals surface area contributed by atoms with Gasteiger partial charge in [0.1, 0.15) is 0 Å². The molecule has 6 heteroatoms. The summed E-state index contributed by atoms with van der Waals surface area (Å²) in [6, 6.07) is 17.3. The number of hydrogen-bond acceptors (Lipinski definition) is 4. The molecule has 0 unspecified atom stereocenters. The Labute approximate surface area is 159 Å². The highest BCUT2D eigenvalue weighted by atomic mass is 16.5. The van der Waals surface area contributed by atoms with E-state index in [4.69, 9.17) is 4.74 Å². The highest BCUT2D eigenvalue weighted by Crippen LogP contribution is 2.30. The SMILES string of the molecule is C[C@H]1CN(C(=O)C(=O)Nc2ccccc2N(C)c2ccccc2)C[C@H](C)O1. The number of ether oxygens (including phenoxy) is 1. The summed E-state index contributed by atoms with van der Waals surface area (Å²) < 4.78 is 5.63. The summed E-state index contributed by atoms with van der Waals surface area (Å²) in [7, 11) is 1.92. The van der Waals surface area contributed by atoms with Gasteiger partial charge in [-0.1, -0.05) is 30.3 Å². The highest BCUT2D eigenvalue weighted by Gasteiger charge is 2.30. The Hall–Kier alpha value is -2.86. The van der Waals surface area contributed by atoms with Crippen molar-refractivity contribution >= 4 is 28.9 Å². The first-order valence-corrected chi connectivity index (χ1v) is 9.09. The van der Waals surface area contributed by atoms with Gasteiger partial charge in [-0.2, -0.15) is 0 Å². The van der Waals surface area contributed by atoms with Gasteiger partial charge in [-0.25, -0.2) is 0 Å². The lowest BCUT2D eigenvalue weighted by atomic mass is 10.2. The number of benzene rings is 2. The monoisotopic (exact) mass is 367 g/mol. The molecular formula is C21H25N3O3. The zero-order chi connectivity index (χ0) is 19.4. The van der Waals surface area contributed by atoms with Crippen LogP contribution >= 0.6 is 0 Å². The molecule has 142 valence electrons. The molecule has 1 N–H and O–H groups in total. The number of nitrogens with zero attached hydrogens (tertiary/aromatic N) is 2. The standard InChI is InChI=1S/C21H25N3O3/c1-15-13-24(14-16(2)27-15)21(26)20(25)22-18-11-7-8-12-19(18)23(3)17-9-5-4-6-10-17/h4-12,15-16H,13-14H2,1-3H3,(H,22,25)/t15-,16-/m0/s1. The van der Waals surface area contributed by atoms with Gasteiger partial charge >= 0.3 is 11.8 Å². The lowest BCUT2D eigenvalue weighted by Gasteiger charge is -2.34. The fourth-order valence-corrected chi connectivity index (χ4v) is 3.33. The number of carbonyl (C=O) groups excluding carboxylic acids is 2. The first-order chi connectivity index (χ1) is 13.0. The second-order valence-corrected chi connectivity index (χ2v) is 6.83. The molecule has 1 saturated heterocycles. The van der Waals surface area contributed by atoms with Crippen LogP contribution in [0.3, 0.4) is 0 Å². The maximum absolute atomic E-state index is 12.6. The highest BCUT2D eigenvalue weighted by molar-refractivity contribution is 6.39. The van der Waals surface area contributed by atoms with E-state index >= 15 is 0 Å². The largest absolute Gasteiger partial charge is 0.372 e. The molecule has 0 radical (unpaired) electrons. The maximum atomic E-state index is 12.6. The van der Waals surface area contributed by atoms with Gasteiger partial charge in [0.05, 0.1) is 23.6 Å². The molecule has 27 heavy (non-hydrogen) atoms. The molecule has 3 rings (SSSR count). The van der Waals surface area contributed by atoms with Crippen LogP contribution in [0.1, 0.15) is 13.8 Å². The Morgan fingerprint density at radius 2 is 1.59 bits per heavy atom. The zero-order valence-electron chi connectivity index (χ0n) is 15.9. The summed E-state index contributed by atoms with van der Waals surface area (Å²) in [4.78, 5) is 28.7. The number of nitrogens with one attached hydrogen (secondary N) is 1. The van der Waals surface area contributed by atoms with Crippen molar-refractivity contribution in [1.82, 2.24) is 4.90 Å². The average molecular weight is 367 g/mol. The summed E-state index contributed by atoms with van der Waals surface area (Å²) in [5.74, 6) is -1.17. The van der Waals surface area contributed by atoms with Crippen LogP contribution in [0.5, 0.6) is 0 Å². The molecule has 2 aromatic carbocycles. The van der Waals surface area contributed by atoms with E-state index < -0.39 is 11.8 Å². The van der Waals surface area contributed by atoms with Crippen molar-refractivity contribution in [1.29, 1.82) is 0 Å². The quantitative estimate of drug-likeness (QED) is 0.847. The van der Waals surface area contributed by atoms with Crippen molar-refractivity contribution in [3.63, 3.8) is 0 Å². The van der Waals surface area contributed by atoms with Crippen molar-refractivity contribution in [2.45, 2.75) is 26.1 Å². The van der Waals surface area contributed by atoms with E-state index in [0.717, 1.165) is 11.4 Å². The number of morpholine rings is 1. The summed E-state index contributed by atoms with van der Waals surface area (Å²) in [5, 5.41) is 2.78. The molecule has 1 fully saturated rings. The van der Waals surface area contributed by atoms with E-state index in [1.807, 2.05) is 74.3 Å². The zero-order valence-corrected chi connectivity index (χ0v) is 15.9. The molecular weight excluding hydrogens is 342 g/mol. The molecule has 2 amide bonds. The number of amides is 2. The van der Waals surface area contributed by atoms with Crippen molar-refractivity contribution in [2.24, 2.45) is 0 Å². The van der Waals surface area contributed by atoms with Crippen LogP contribution in [0.4, 0.5) is 17.1 Å². The molecule has 6 nitrogen and oxygen atoms in total. The first-order valence-electron chi connectivity index (χ1n) is 9.09. The Morgan fingerprint density at radius 1 is 1.00 bits per heavy atom. The molecule has 0 bridgehead atoms. The van der Waals surface area contributed by atoms with E-state index in [9.17, 15) is 9.59 Å². The van der Waals surface area contributed by atoms with Crippen LogP contribution in [-0.4, -0.2) is 49.1 Å². The van der Waals surface area contributed by atoms with Crippen LogP contribution in [0.25, 0.3) is 0 Å². The van der Waals surface area contributed by atoms with Crippen molar-refractivity contribution in [2.75, 3.05) is 30.4 Å². The van der Waals surface area contributed by atoms with E-state index in [-0.39, 0.29) is 12.2 Å². The number of para-hydroxylation sites is 3. The molecule has 2 aromatic rings. The first kappa shape index (κ1) is 18.9. The van der Waals surface area contributed by atoms with Gasteiger partial charge in [0.2, 0.25) is 0 Å². The van der Waals surface area contributed by atoms with Crippen LogP contribution in [0.2, 0.25) is 0 Å². The second-order valence-electron chi connectivity index (χ2n) is 6.83. The average Bonchev–Trinajstić information content (AvgIpc) is 2.67. The molecule has 0 aliphatic carbocycles. The normalized spacial score (nSPS) is 19.4. The maximum Gasteiger partial charge on any atom is 0.313 e. The van der Waals surface area contributed by atoms with Gasteiger partial charge in [0.25, 0.3) is 0 Å². The number of carbonyl (C=O) groups is 2. The third-order valence-corrected chi connectivity index (χ3v) is 4.56. The minimum atomic E-state index is -0.634. The van der Waals surface area contributed by atoms with E-state index in [1.54, 1.807) is 11.0 Å². The third kappa shape index (κ3) is 4.46. The molecule has 1 aliphatic rings. The molecule has 0 spiro atoms. The molecule has 1 aliphatic heterocycles. The molecule has 2 atom stereocenters. The van der Waals surface area contributed by atoms with Gasteiger partial charge < -0.3 is 19.9 Å². The number of rotatable bonds is 3. The van der Waals surface area contributed by atoms with E-state index in [2.05, 4.69) is 5.32 Å². The lowest BCUT2D eigenvalue weighted by molar-refractivity contribution is -0.151. The Morgan fingerprint density at radius 3 is 2.26 bits per heavy atom. The lowest BCUT2D eigenvalue weighted by Crippen LogP contribution is -2.51. The van der Waals surface area contributed by atoms with Gasteiger partial charge in [-0.3, -0.25) is 9.59 Å². The Kier molecular flexibility index (Phi) is 5.76. The molecule has 0 aromatic heterocycles. The Balaban J connectivity index is 1.76. The van der Waals surface area contributed by atoms with Crippen LogP contribution in [0, 0.1) is 0 Å². The Bertz CT molecular complexity index is 799. The van der Waals surface area contributed by atoms with Crippen molar-refractivity contribution in [3.8, 4) is 0 Å². The van der Waals surface area contributed by atoms with Gasteiger partial charge in [0, 0.05) is 25.8 Å². The smallest absolute Gasteiger partial charge is 0.313 e. The topological polar surface area (TPSA) is 61.9 Å². The molecule has 1 heterocycles. The summed E-state index contributed by atoms with van der Waals surface area (Å²) >= 11 is 0. The summed E-state index contributed by atoms with van der Waals surface area (Å²) in [6.07, 6.45) is -0.163. The van der Waals surface area contributed by atoms with Crippen LogP contribution in [0.15, 0.2) is 54.6 Å². The van der Waals surface area contributed by atoms with Crippen LogP contribution in [-0.2, 0) is 14.3 Å². The minimum absolute atomic E-state index is 0.0815. The third-order valence-electron chi connectivity index (χ3n) is 4.56. The van der Waals surface area contributed by atoms with E-state index in [0.29, 0.717) is 18.8 Å². The fourth-order valence-electron chi connectivity index (χ4n) is 3.33. The predicted molar refractivity (Wildman–Crippen MR) is 106 cm³/mol. The van der Waals surface area contributed by atoms with Gasteiger partial charge in [-0.05, 0) is 38.1 Å². The van der Waals surface area contributed by atoms with Crippen LogP contribution < -0.4 is 10.2 Å². The molecule has 0 saturated carbocycles. The minimum Gasteiger partial charge on any atom is -0.372 e. The van der Waals surface area contributed by atoms with Crippen molar-refractivity contribution in [3.05, 3.63) is 54.6 Å². The summed E-state index contributed by atoms with van der Waals surface area (Å²) in [6.45, 7) is 4.64. The number of hydrogen-bond donors (Lipinski definition) is 1. The number of anilines is 3. The fraction of sp³-hybridized carbons (Fsp3) is 0.333.